The minimum atomic E-state index is -0.713. The summed E-state index contributed by atoms with van der Waals surface area (Å²) in [5, 5.41) is 23.0. The smallest absolute Gasteiger partial charge is 0.306 e. The van der Waals surface area contributed by atoms with E-state index in [-0.39, 0.29) is 12.0 Å². The maximum atomic E-state index is 10.7. The van der Waals surface area contributed by atoms with Crippen LogP contribution in [-0.4, -0.2) is 37.3 Å². The third-order valence-electron chi connectivity index (χ3n) is 2.74. The Hall–Kier alpha value is -1.66. The van der Waals surface area contributed by atoms with Crippen molar-refractivity contribution in [3.8, 4) is 0 Å². The maximum Gasteiger partial charge on any atom is 0.306 e. The van der Waals surface area contributed by atoms with Crippen molar-refractivity contribution >= 4 is 11.9 Å². The predicted molar refractivity (Wildman–Crippen MR) is 51.2 cm³/mol. The Morgan fingerprint density at radius 2 is 2.40 bits per heavy atom. The summed E-state index contributed by atoms with van der Waals surface area (Å²) in [7, 11) is 1.74. The standard InChI is InChI=1S/C8H13N5O2/c1-13-8(10-11-12-13)9-6-3-2-5(4-6)7(14)15/h5-6H,2-4H2,1H3,(H,14,15)(H,9,10,12). The lowest BCUT2D eigenvalue weighted by Gasteiger charge is -2.11. The lowest BCUT2D eigenvalue weighted by Crippen LogP contribution is -2.20. The van der Waals surface area contributed by atoms with E-state index in [0.717, 1.165) is 12.8 Å². The Kier molecular flexibility index (Phi) is 2.53. The number of nitrogens with zero attached hydrogens (tertiary/aromatic N) is 4. The van der Waals surface area contributed by atoms with Crippen LogP contribution in [0, 0.1) is 5.92 Å². The molecule has 1 saturated carbocycles. The van der Waals surface area contributed by atoms with E-state index in [1.165, 1.54) is 4.68 Å². The summed E-state index contributed by atoms with van der Waals surface area (Å²) in [5.41, 5.74) is 0. The van der Waals surface area contributed by atoms with Gasteiger partial charge < -0.3 is 10.4 Å². The van der Waals surface area contributed by atoms with E-state index in [4.69, 9.17) is 5.11 Å². The maximum absolute atomic E-state index is 10.7. The van der Waals surface area contributed by atoms with Gasteiger partial charge in [-0.2, -0.15) is 0 Å². The van der Waals surface area contributed by atoms with Crippen LogP contribution in [0.3, 0.4) is 0 Å². The van der Waals surface area contributed by atoms with E-state index in [0.29, 0.717) is 12.4 Å². The Morgan fingerprint density at radius 3 is 2.93 bits per heavy atom. The molecule has 15 heavy (non-hydrogen) atoms. The summed E-state index contributed by atoms with van der Waals surface area (Å²) < 4.78 is 1.54. The normalized spacial score (nSPS) is 25.4. The zero-order chi connectivity index (χ0) is 10.8. The van der Waals surface area contributed by atoms with Crippen LogP contribution in [0.5, 0.6) is 0 Å². The van der Waals surface area contributed by atoms with Crippen LogP contribution in [0.1, 0.15) is 19.3 Å². The number of carbonyl (C=O) groups is 1. The first kappa shape index (κ1) is 9.88. The highest BCUT2D eigenvalue weighted by molar-refractivity contribution is 5.70. The van der Waals surface area contributed by atoms with Crippen molar-refractivity contribution in [2.45, 2.75) is 25.3 Å². The fourth-order valence-electron chi connectivity index (χ4n) is 1.87. The molecule has 0 amide bonds. The highest BCUT2D eigenvalue weighted by atomic mass is 16.4. The van der Waals surface area contributed by atoms with Crippen molar-refractivity contribution in [2.24, 2.45) is 13.0 Å². The van der Waals surface area contributed by atoms with E-state index < -0.39 is 5.97 Å². The molecule has 0 aromatic carbocycles. The van der Waals surface area contributed by atoms with Gasteiger partial charge in [-0.3, -0.25) is 4.79 Å². The molecule has 7 nitrogen and oxygen atoms in total. The first-order valence-corrected chi connectivity index (χ1v) is 4.88. The molecule has 1 heterocycles. The van der Waals surface area contributed by atoms with Crippen molar-refractivity contribution in [3.63, 3.8) is 0 Å². The number of carboxylic acids is 1. The molecular weight excluding hydrogens is 198 g/mol. The van der Waals surface area contributed by atoms with Crippen molar-refractivity contribution in [2.75, 3.05) is 5.32 Å². The van der Waals surface area contributed by atoms with Gasteiger partial charge in [-0.05, 0) is 29.7 Å². The molecule has 82 valence electrons. The van der Waals surface area contributed by atoms with E-state index in [1.54, 1.807) is 7.05 Å². The van der Waals surface area contributed by atoms with Gasteiger partial charge in [0.15, 0.2) is 0 Å². The molecule has 0 spiro atoms. The first-order chi connectivity index (χ1) is 7.16. The number of nitrogens with one attached hydrogen (secondary N) is 1. The summed E-state index contributed by atoms with van der Waals surface area (Å²) in [6.07, 6.45) is 2.21. The SMILES string of the molecule is Cn1nnnc1NC1CCC(C(=O)O)C1. The van der Waals surface area contributed by atoms with Gasteiger partial charge in [0.05, 0.1) is 5.92 Å². The summed E-state index contributed by atoms with van der Waals surface area (Å²) in [4.78, 5) is 10.7. The molecule has 1 aromatic heterocycles. The molecule has 0 aliphatic heterocycles. The quantitative estimate of drug-likeness (QED) is 0.723. The molecule has 1 aromatic rings. The number of aliphatic carboxylic acids is 1. The lowest BCUT2D eigenvalue weighted by molar-refractivity contribution is -0.141. The average molecular weight is 211 g/mol. The molecule has 2 atom stereocenters. The fraction of sp³-hybridized carbons (Fsp3) is 0.750. The largest absolute Gasteiger partial charge is 0.481 e. The number of rotatable bonds is 3. The number of tetrazole rings is 1. The molecule has 1 aliphatic carbocycles. The Balaban J connectivity index is 1.93. The van der Waals surface area contributed by atoms with E-state index in [9.17, 15) is 4.79 Å². The lowest BCUT2D eigenvalue weighted by atomic mass is 10.1. The molecule has 0 saturated heterocycles. The molecule has 2 unspecified atom stereocenters. The monoisotopic (exact) mass is 211 g/mol. The summed E-state index contributed by atoms with van der Waals surface area (Å²) >= 11 is 0. The third-order valence-corrected chi connectivity index (χ3v) is 2.74. The second kappa shape index (κ2) is 3.84. The number of aryl methyl sites for hydroxylation is 1. The highest BCUT2D eigenvalue weighted by Gasteiger charge is 2.30. The Bertz CT molecular complexity index is 364. The van der Waals surface area contributed by atoms with Crippen LogP contribution < -0.4 is 5.32 Å². The number of carboxylic acid groups (broad SMARTS) is 1. The van der Waals surface area contributed by atoms with Crippen molar-refractivity contribution in [1.29, 1.82) is 0 Å². The zero-order valence-corrected chi connectivity index (χ0v) is 8.42. The van der Waals surface area contributed by atoms with Crippen LogP contribution in [0.4, 0.5) is 5.95 Å². The van der Waals surface area contributed by atoms with Crippen molar-refractivity contribution < 1.29 is 9.90 Å². The van der Waals surface area contributed by atoms with Gasteiger partial charge in [0.1, 0.15) is 0 Å². The van der Waals surface area contributed by atoms with Crippen LogP contribution in [0.15, 0.2) is 0 Å². The second-order valence-corrected chi connectivity index (χ2v) is 3.82. The van der Waals surface area contributed by atoms with Gasteiger partial charge in [-0.15, -0.1) is 0 Å². The van der Waals surface area contributed by atoms with E-state index in [1.807, 2.05) is 0 Å². The summed E-state index contributed by atoms with van der Waals surface area (Å²) in [6, 6.07) is 0.163. The van der Waals surface area contributed by atoms with Crippen molar-refractivity contribution in [3.05, 3.63) is 0 Å². The van der Waals surface area contributed by atoms with Gasteiger partial charge in [-0.25, -0.2) is 4.68 Å². The van der Waals surface area contributed by atoms with Gasteiger partial charge in [0, 0.05) is 13.1 Å². The summed E-state index contributed by atoms with van der Waals surface area (Å²) in [5.74, 6) is -0.356. The second-order valence-electron chi connectivity index (χ2n) is 3.82. The predicted octanol–water partition coefficient (Wildman–Crippen LogP) is -0.125. The molecular formula is C8H13N5O2. The molecule has 1 aliphatic rings. The van der Waals surface area contributed by atoms with E-state index >= 15 is 0 Å². The summed E-state index contributed by atoms with van der Waals surface area (Å²) in [6.45, 7) is 0. The number of hydrogen-bond acceptors (Lipinski definition) is 5. The molecule has 7 heteroatoms. The fourth-order valence-corrected chi connectivity index (χ4v) is 1.87. The van der Waals surface area contributed by atoms with Crippen LogP contribution in [0.25, 0.3) is 0 Å². The highest BCUT2D eigenvalue weighted by Crippen LogP contribution is 2.27. The average Bonchev–Trinajstić information content (AvgIpc) is 2.77. The van der Waals surface area contributed by atoms with Crippen molar-refractivity contribution in [1.82, 2.24) is 20.2 Å². The topological polar surface area (TPSA) is 92.9 Å². The van der Waals surface area contributed by atoms with Gasteiger partial charge in [0.2, 0.25) is 5.95 Å². The minimum Gasteiger partial charge on any atom is -0.481 e. The molecule has 2 rings (SSSR count). The Labute approximate surface area is 86.5 Å². The number of anilines is 1. The third kappa shape index (κ3) is 2.05. The van der Waals surface area contributed by atoms with Crippen LogP contribution in [0.2, 0.25) is 0 Å². The minimum absolute atomic E-state index is 0.163. The molecule has 2 N–H and O–H groups in total. The number of aromatic nitrogens is 4. The Morgan fingerprint density at radius 1 is 1.60 bits per heavy atom. The van der Waals surface area contributed by atoms with Gasteiger partial charge in [0.25, 0.3) is 0 Å². The molecule has 1 fully saturated rings. The van der Waals surface area contributed by atoms with Gasteiger partial charge >= 0.3 is 5.97 Å². The molecule has 0 radical (unpaired) electrons. The first-order valence-electron chi connectivity index (χ1n) is 4.88. The molecule has 0 bridgehead atoms. The van der Waals surface area contributed by atoms with Crippen LogP contribution >= 0.6 is 0 Å². The number of hydrogen-bond donors (Lipinski definition) is 2. The van der Waals surface area contributed by atoms with Crippen LogP contribution in [-0.2, 0) is 11.8 Å². The van der Waals surface area contributed by atoms with E-state index in [2.05, 4.69) is 20.8 Å². The van der Waals surface area contributed by atoms with Gasteiger partial charge in [-0.1, -0.05) is 5.10 Å². The zero-order valence-electron chi connectivity index (χ0n) is 8.42.